The van der Waals surface area contributed by atoms with Crippen molar-refractivity contribution in [3.8, 4) is 0 Å². The monoisotopic (exact) mass is 353 g/mol. The van der Waals surface area contributed by atoms with Gasteiger partial charge in [0.25, 0.3) is 0 Å². The molecule has 0 aromatic carbocycles. The first-order valence-electron chi connectivity index (χ1n) is 8.50. The van der Waals surface area contributed by atoms with Crippen LogP contribution < -0.4 is 10.6 Å². The second-order valence-corrected chi connectivity index (χ2v) is 6.44. The van der Waals surface area contributed by atoms with Crippen LogP contribution in [-0.4, -0.2) is 49.1 Å². The Morgan fingerprint density at radius 1 is 1.18 bits per heavy atom. The highest BCUT2D eigenvalue weighted by Gasteiger charge is 2.18. The van der Waals surface area contributed by atoms with E-state index >= 15 is 0 Å². The molecule has 2 atom stereocenters. The number of piperidine rings is 1. The van der Waals surface area contributed by atoms with E-state index in [1.807, 2.05) is 0 Å². The maximum Gasteiger partial charge on any atom is 0.221 e. The van der Waals surface area contributed by atoms with Crippen LogP contribution in [0.2, 0.25) is 0 Å². The van der Waals surface area contributed by atoms with Crippen LogP contribution in [0.1, 0.15) is 58.3 Å². The number of nitrogens with zero attached hydrogens (tertiary/aromatic N) is 1. The van der Waals surface area contributed by atoms with Gasteiger partial charge in [-0.1, -0.05) is 6.42 Å². The predicted molar refractivity (Wildman–Crippen MR) is 97.3 cm³/mol. The van der Waals surface area contributed by atoms with Gasteiger partial charge in [0, 0.05) is 25.0 Å². The minimum Gasteiger partial charge on any atom is -0.356 e. The number of carbonyl (C=O) groups excluding carboxylic acids is 1. The van der Waals surface area contributed by atoms with Gasteiger partial charge in [-0.2, -0.15) is 0 Å². The molecule has 2 aliphatic heterocycles. The normalized spacial score (nSPS) is 25.1. The lowest BCUT2D eigenvalue weighted by Crippen LogP contribution is -2.38. The topological polar surface area (TPSA) is 44.4 Å². The molecule has 4 nitrogen and oxygen atoms in total. The minimum atomic E-state index is 0. The van der Waals surface area contributed by atoms with Crippen molar-refractivity contribution in [1.29, 1.82) is 0 Å². The molecule has 2 saturated heterocycles. The average Bonchev–Trinajstić information content (AvgIpc) is 2.93. The second-order valence-electron chi connectivity index (χ2n) is 6.44. The van der Waals surface area contributed by atoms with Crippen LogP contribution in [0, 0.1) is 0 Å². The molecule has 0 saturated carbocycles. The first-order valence-corrected chi connectivity index (χ1v) is 8.50. The quantitative estimate of drug-likeness (QED) is 0.691. The highest BCUT2D eigenvalue weighted by molar-refractivity contribution is 5.85. The molecule has 1 amide bonds. The van der Waals surface area contributed by atoms with Gasteiger partial charge in [0.1, 0.15) is 0 Å². The van der Waals surface area contributed by atoms with Crippen LogP contribution in [-0.2, 0) is 4.79 Å². The molecular weight excluding hydrogens is 321 g/mol. The number of hydrogen-bond donors (Lipinski definition) is 2. The summed E-state index contributed by atoms with van der Waals surface area (Å²) in [5.74, 6) is 0.218. The van der Waals surface area contributed by atoms with Gasteiger partial charge in [0.2, 0.25) is 5.91 Å². The van der Waals surface area contributed by atoms with Crippen molar-refractivity contribution in [3.05, 3.63) is 0 Å². The molecule has 2 aliphatic rings. The van der Waals surface area contributed by atoms with Crippen LogP contribution in [0.25, 0.3) is 0 Å². The maximum atomic E-state index is 11.8. The Labute approximate surface area is 148 Å². The fraction of sp³-hybridized carbons (Fsp3) is 0.938. The van der Waals surface area contributed by atoms with Crippen molar-refractivity contribution in [1.82, 2.24) is 15.5 Å². The van der Waals surface area contributed by atoms with E-state index in [0.717, 1.165) is 32.0 Å². The lowest BCUT2D eigenvalue weighted by Gasteiger charge is -2.33. The summed E-state index contributed by atoms with van der Waals surface area (Å²) in [5, 5.41) is 6.43. The third-order valence-corrected chi connectivity index (χ3v) is 4.73. The fourth-order valence-corrected chi connectivity index (χ4v) is 3.38. The van der Waals surface area contributed by atoms with Crippen LogP contribution in [0.3, 0.4) is 0 Å². The molecule has 0 aromatic heterocycles. The van der Waals surface area contributed by atoms with E-state index in [9.17, 15) is 4.79 Å². The molecule has 2 fully saturated rings. The lowest BCUT2D eigenvalue weighted by atomic mass is 10.0. The minimum absolute atomic E-state index is 0. The van der Waals surface area contributed by atoms with Gasteiger partial charge in [-0.05, 0) is 65.1 Å². The van der Waals surface area contributed by atoms with Crippen LogP contribution in [0.4, 0.5) is 0 Å². The zero-order chi connectivity index (χ0) is 14.2. The van der Waals surface area contributed by atoms with E-state index in [4.69, 9.17) is 0 Å². The molecule has 2 heterocycles. The number of unbranched alkanes of at least 4 members (excludes halogenated alkanes) is 1. The fourth-order valence-electron chi connectivity index (χ4n) is 3.38. The molecule has 0 radical (unpaired) electrons. The van der Waals surface area contributed by atoms with E-state index < -0.39 is 0 Å². The summed E-state index contributed by atoms with van der Waals surface area (Å²) in [5.41, 5.74) is 0. The van der Waals surface area contributed by atoms with Gasteiger partial charge in [0.15, 0.2) is 0 Å². The molecule has 22 heavy (non-hydrogen) atoms. The summed E-state index contributed by atoms with van der Waals surface area (Å²) >= 11 is 0. The number of likely N-dealkylation sites (tertiary alicyclic amines) is 1. The van der Waals surface area contributed by atoms with Gasteiger partial charge in [-0.15, -0.1) is 24.8 Å². The zero-order valence-electron chi connectivity index (χ0n) is 13.8. The molecular formula is C16H33Cl2N3O. The maximum absolute atomic E-state index is 11.8. The van der Waals surface area contributed by atoms with Gasteiger partial charge in [0.05, 0.1) is 0 Å². The van der Waals surface area contributed by atoms with Gasteiger partial charge in [-0.25, -0.2) is 0 Å². The molecule has 0 bridgehead atoms. The second kappa shape index (κ2) is 12.4. The third-order valence-electron chi connectivity index (χ3n) is 4.73. The largest absolute Gasteiger partial charge is 0.356 e. The molecule has 0 spiro atoms. The third kappa shape index (κ3) is 8.00. The van der Waals surface area contributed by atoms with Crippen molar-refractivity contribution in [2.75, 3.05) is 26.2 Å². The standard InChI is InChI=1S/C16H31N3O.2ClH/c1-14-7-2-4-11-19(14)12-5-3-9-18-16(20)13-15-8-6-10-17-15;;/h14-15,17H,2-13H2,1H3,(H,18,20);2*1H. The Balaban J connectivity index is 0.00000220. The Morgan fingerprint density at radius 3 is 2.68 bits per heavy atom. The average molecular weight is 354 g/mol. The van der Waals surface area contributed by atoms with E-state index in [-0.39, 0.29) is 30.7 Å². The molecule has 2 rings (SSSR count). The van der Waals surface area contributed by atoms with Crippen LogP contribution in [0.15, 0.2) is 0 Å². The van der Waals surface area contributed by atoms with E-state index in [0.29, 0.717) is 12.5 Å². The Bertz CT molecular complexity index is 299. The molecule has 2 unspecified atom stereocenters. The number of halogens is 2. The van der Waals surface area contributed by atoms with Crippen molar-refractivity contribution >= 4 is 30.7 Å². The van der Waals surface area contributed by atoms with Crippen molar-refractivity contribution in [2.24, 2.45) is 0 Å². The molecule has 2 N–H and O–H groups in total. The Kier molecular flexibility index (Phi) is 12.4. The predicted octanol–water partition coefficient (Wildman–Crippen LogP) is 2.74. The van der Waals surface area contributed by atoms with Crippen molar-refractivity contribution in [3.63, 3.8) is 0 Å². The Morgan fingerprint density at radius 2 is 2.00 bits per heavy atom. The van der Waals surface area contributed by atoms with Crippen LogP contribution in [0.5, 0.6) is 0 Å². The number of hydrogen-bond acceptors (Lipinski definition) is 3. The highest BCUT2D eigenvalue weighted by Crippen LogP contribution is 2.16. The van der Waals surface area contributed by atoms with Crippen molar-refractivity contribution in [2.45, 2.75) is 70.4 Å². The summed E-state index contributed by atoms with van der Waals surface area (Å²) in [4.78, 5) is 14.4. The van der Waals surface area contributed by atoms with Gasteiger partial charge < -0.3 is 15.5 Å². The first kappa shape index (κ1) is 22.0. The van der Waals surface area contributed by atoms with E-state index in [1.165, 1.54) is 45.2 Å². The number of amides is 1. The number of carbonyl (C=O) groups is 1. The summed E-state index contributed by atoms with van der Waals surface area (Å²) in [6, 6.07) is 1.18. The van der Waals surface area contributed by atoms with Crippen molar-refractivity contribution < 1.29 is 4.79 Å². The Hall–Kier alpha value is -0.0300. The first-order chi connectivity index (χ1) is 9.75. The van der Waals surface area contributed by atoms with E-state index in [1.54, 1.807) is 0 Å². The molecule has 0 aliphatic carbocycles. The van der Waals surface area contributed by atoms with Gasteiger partial charge in [-0.3, -0.25) is 4.79 Å². The smallest absolute Gasteiger partial charge is 0.221 e. The number of rotatable bonds is 7. The lowest BCUT2D eigenvalue weighted by molar-refractivity contribution is -0.121. The highest BCUT2D eigenvalue weighted by atomic mass is 35.5. The van der Waals surface area contributed by atoms with E-state index in [2.05, 4.69) is 22.5 Å². The molecule has 0 aromatic rings. The van der Waals surface area contributed by atoms with Gasteiger partial charge >= 0.3 is 0 Å². The summed E-state index contributed by atoms with van der Waals surface area (Å²) in [7, 11) is 0. The number of nitrogens with one attached hydrogen (secondary N) is 2. The summed E-state index contributed by atoms with van der Waals surface area (Å²) < 4.78 is 0. The molecule has 132 valence electrons. The SMILES string of the molecule is CC1CCCCN1CCCCNC(=O)CC1CCCN1.Cl.Cl. The summed E-state index contributed by atoms with van der Waals surface area (Å²) in [6.07, 6.45) is 9.43. The van der Waals surface area contributed by atoms with Crippen LogP contribution >= 0.6 is 24.8 Å². The summed E-state index contributed by atoms with van der Waals surface area (Å²) in [6.45, 7) is 6.72. The zero-order valence-corrected chi connectivity index (χ0v) is 15.4. The molecule has 6 heteroatoms.